The van der Waals surface area contributed by atoms with Gasteiger partial charge in [-0.15, -0.1) is 0 Å². The van der Waals surface area contributed by atoms with E-state index in [0.29, 0.717) is 18.8 Å². The average molecular weight is 395 g/mol. The molecule has 0 unspecified atom stereocenters. The van der Waals surface area contributed by atoms with Crippen molar-refractivity contribution in [2.75, 3.05) is 43.5 Å². The van der Waals surface area contributed by atoms with Crippen LogP contribution >= 0.6 is 11.5 Å². The molecule has 8 heteroatoms. The zero-order valence-electron chi connectivity index (χ0n) is 15.5. The normalized spacial score (nSPS) is 14.0. The third-order valence-electron chi connectivity index (χ3n) is 4.61. The number of urea groups is 1. The first-order valence-electron chi connectivity index (χ1n) is 9.07. The van der Waals surface area contributed by atoms with Crippen molar-refractivity contribution < 1.29 is 9.53 Å². The van der Waals surface area contributed by atoms with Gasteiger partial charge in [0.05, 0.1) is 7.11 Å². The predicted octanol–water partition coefficient (Wildman–Crippen LogP) is 3.57. The zero-order valence-corrected chi connectivity index (χ0v) is 16.4. The highest BCUT2D eigenvalue weighted by atomic mass is 32.1. The fourth-order valence-corrected chi connectivity index (χ4v) is 3.79. The Labute approximate surface area is 167 Å². The van der Waals surface area contributed by atoms with Crippen molar-refractivity contribution in [1.82, 2.24) is 14.3 Å². The van der Waals surface area contributed by atoms with Crippen LogP contribution in [0, 0.1) is 0 Å². The van der Waals surface area contributed by atoms with E-state index in [0.717, 1.165) is 35.3 Å². The number of carbonyl (C=O) groups is 1. The number of nitrogens with one attached hydrogen (secondary N) is 1. The molecule has 1 N–H and O–H groups in total. The van der Waals surface area contributed by atoms with Gasteiger partial charge < -0.3 is 19.9 Å². The molecule has 7 nitrogen and oxygen atoms in total. The van der Waals surface area contributed by atoms with Crippen molar-refractivity contribution in [2.24, 2.45) is 0 Å². The second kappa shape index (κ2) is 8.26. The van der Waals surface area contributed by atoms with E-state index in [1.807, 2.05) is 53.4 Å². The number of ether oxygens (including phenoxy) is 1. The van der Waals surface area contributed by atoms with Gasteiger partial charge in [-0.3, -0.25) is 0 Å². The Morgan fingerprint density at radius 2 is 1.86 bits per heavy atom. The number of amides is 2. The Hall–Kier alpha value is -3.13. The van der Waals surface area contributed by atoms with Crippen molar-refractivity contribution in [3.8, 4) is 17.1 Å². The van der Waals surface area contributed by atoms with Crippen LogP contribution in [0.2, 0.25) is 0 Å². The number of anilines is 2. The van der Waals surface area contributed by atoms with Crippen LogP contribution in [0.5, 0.6) is 5.75 Å². The lowest BCUT2D eigenvalue weighted by Crippen LogP contribution is -2.50. The summed E-state index contributed by atoms with van der Waals surface area (Å²) in [5.74, 6) is 1.46. The molecule has 2 heterocycles. The molecule has 3 aromatic rings. The predicted molar refractivity (Wildman–Crippen MR) is 111 cm³/mol. The molecule has 2 amide bonds. The number of hydrogen-bond donors (Lipinski definition) is 1. The van der Waals surface area contributed by atoms with Crippen molar-refractivity contribution in [1.29, 1.82) is 0 Å². The lowest BCUT2D eigenvalue weighted by molar-refractivity contribution is 0.208. The molecule has 1 aliphatic rings. The summed E-state index contributed by atoms with van der Waals surface area (Å²) in [7, 11) is 1.61. The maximum atomic E-state index is 12.5. The second-order valence-corrected chi connectivity index (χ2v) is 7.13. The van der Waals surface area contributed by atoms with Crippen molar-refractivity contribution in [3.05, 3.63) is 54.6 Å². The van der Waals surface area contributed by atoms with Crippen LogP contribution in [0.1, 0.15) is 0 Å². The highest BCUT2D eigenvalue weighted by Crippen LogP contribution is 2.25. The molecule has 144 valence electrons. The first-order valence-corrected chi connectivity index (χ1v) is 9.84. The van der Waals surface area contributed by atoms with Crippen LogP contribution < -0.4 is 15.0 Å². The van der Waals surface area contributed by atoms with Crippen LogP contribution in [0.25, 0.3) is 11.4 Å². The van der Waals surface area contributed by atoms with E-state index < -0.39 is 0 Å². The topological polar surface area (TPSA) is 70.6 Å². The Morgan fingerprint density at radius 1 is 1.07 bits per heavy atom. The number of methoxy groups -OCH3 is 1. The van der Waals surface area contributed by atoms with Gasteiger partial charge in [0.15, 0.2) is 5.82 Å². The molecular weight excluding hydrogens is 374 g/mol. The summed E-state index contributed by atoms with van der Waals surface area (Å²) in [5.41, 5.74) is 1.74. The van der Waals surface area contributed by atoms with Crippen molar-refractivity contribution in [3.63, 3.8) is 0 Å². The van der Waals surface area contributed by atoms with E-state index in [9.17, 15) is 4.79 Å². The maximum absolute atomic E-state index is 12.5. The SMILES string of the molecule is COc1cccc(NC(=O)N2CCN(c3nc(-c4ccccc4)ns3)CC2)c1. The monoisotopic (exact) mass is 395 g/mol. The number of aromatic nitrogens is 2. The molecule has 0 atom stereocenters. The Morgan fingerprint density at radius 3 is 2.61 bits per heavy atom. The lowest BCUT2D eigenvalue weighted by atomic mass is 10.2. The molecule has 4 rings (SSSR count). The summed E-state index contributed by atoms with van der Waals surface area (Å²) in [6.45, 7) is 2.73. The highest BCUT2D eigenvalue weighted by molar-refractivity contribution is 7.09. The second-order valence-electron chi connectivity index (χ2n) is 6.40. The summed E-state index contributed by atoms with van der Waals surface area (Å²) < 4.78 is 9.67. The van der Waals surface area contributed by atoms with Gasteiger partial charge in [0, 0.05) is 55.0 Å². The smallest absolute Gasteiger partial charge is 0.321 e. The van der Waals surface area contributed by atoms with Gasteiger partial charge in [-0.2, -0.15) is 9.36 Å². The fraction of sp³-hybridized carbons (Fsp3) is 0.250. The lowest BCUT2D eigenvalue weighted by Gasteiger charge is -2.34. The largest absolute Gasteiger partial charge is 0.497 e. The summed E-state index contributed by atoms with van der Waals surface area (Å²) in [4.78, 5) is 21.2. The molecule has 0 bridgehead atoms. The average Bonchev–Trinajstić information content (AvgIpc) is 3.25. The number of hydrogen-bond acceptors (Lipinski definition) is 6. The molecule has 0 aliphatic carbocycles. The molecule has 0 radical (unpaired) electrons. The molecule has 1 saturated heterocycles. The Balaban J connectivity index is 1.34. The van der Waals surface area contributed by atoms with Gasteiger partial charge in [-0.25, -0.2) is 4.79 Å². The number of carbonyl (C=O) groups excluding carboxylic acids is 1. The minimum atomic E-state index is -0.102. The third kappa shape index (κ3) is 4.07. The van der Waals surface area contributed by atoms with Crippen LogP contribution in [0.4, 0.5) is 15.6 Å². The molecule has 1 fully saturated rings. The fourth-order valence-electron chi connectivity index (χ4n) is 3.05. The third-order valence-corrected chi connectivity index (χ3v) is 5.38. The summed E-state index contributed by atoms with van der Waals surface area (Å²) in [5, 5.41) is 3.82. The van der Waals surface area contributed by atoms with E-state index >= 15 is 0 Å². The number of piperazine rings is 1. The number of nitrogens with zero attached hydrogens (tertiary/aromatic N) is 4. The molecule has 1 aromatic heterocycles. The van der Waals surface area contributed by atoms with Crippen molar-refractivity contribution >= 4 is 28.4 Å². The number of rotatable bonds is 4. The standard InChI is InChI=1S/C20H21N5O2S/c1-27-17-9-5-8-16(14-17)21-19(26)24-10-12-25(13-11-24)20-22-18(23-28-20)15-6-3-2-4-7-15/h2-9,14H,10-13H2,1H3,(H,21,26). The summed E-state index contributed by atoms with van der Waals surface area (Å²) >= 11 is 1.40. The van der Waals surface area contributed by atoms with Gasteiger partial charge >= 0.3 is 6.03 Å². The van der Waals surface area contributed by atoms with Gasteiger partial charge in [0.1, 0.15) is 5.75 Å². The molecular formula is C20H21N5O2S. The van der Waals surface area contributed by atoms with Crippen LogP contribution in [-0.2, 0) is 0 Å². The van der Waals surface area contributed by atoms with Crippen LogP contribution in [-0.4, -0.2) is 53.6 Å². The Bertz CT molecular complexity index is 939. The first kappa shape index (κ1) is 18.2. The van der Waals surface area contributed by atoms with E-state index in [1.54, 1.807) is 13.2 Å². The molecule has 1 aliphatic heterocycles. The number of benzene rings is 2. The quantitative estimate of drug-likeness (QED) is 0.731. The molecule has 2 aromatic carbocycles. The van der Waals surface area contributed by atoms with Gasteiger partial charge in [0.25, 0.3) is 0 Å². The van der Waals surface area contributed by atoms with Crippen LogP contribution in [0.3, 0.4) is 0 Å². The van der Waals surface area contributed by atoms with E-state index in [4.69, 9.17) is 4.74 Å². The van der Waals surface area contributed by atoms with Gasteiger partial charge in [-0.1, -0.05) is 36.4 Å². The molecule has 0 saturated carbocycles. The summed E-state index contributed by atoms with van der Waals surface area (Å²) in [6.07, 6.45) is 0. The molecule has 28 heavy (non-hydrogen) atoms. The van der Waals surface area contributed by atoms with E-state index in [2.05, 4.69) is 19.6 Å². The zero-order chi connectivity index (χ0) is 19.3. The first-order chi connectivity index (χ1) is 13.7. The maximum Gasteiger partial charge on any atom is 0.321 e. The van der Waals surface area contributed by atoms with E-state index in [-0.39, 0.29) is 6.03 Å². The molecule has 0 spiro atoms. The van der Waals surface area contributed by atoms with Gasteiger partial charge in [0.2, 0.25) is 5.13 Å². The summed E-state index contributed by atoms with van der Waals surface area (Å²) in [6, 6.07) is 17.2. The highest BCUT2D eigenvalue weighted by Gasteiger charge is 2.23. The van der Waals surface area contributed by atoms with Crippen LogP contribution in [0.15, 0.2) is 54.6 Å². The van der Waals surface area contributed by atoms with E-state index in [1.165, 1.54) is 11.5 Å². The van der Waals surface area contributed by atoms with Crippen molar-refractivity contribution in [2.45, 2.75) is 0 Å². The Kier molecular flexibility index (Phi) is 5.38. The minimum absolute atomic E-state index is 0.102. The van der Waals surface area contributed by atoms with Gasteiger partial charge in [-0.05, 0) is 12.1 Å². The minimum Gasteiger partial charge on any atom is -0.497 e.